The van der Waals surface area contributed by atoms with Gasteiger partial charge in [-0.15, -0.1) is 0 Å². The standard InChI is InChI=1S/C14H16ClN3/c15-10-3-4-11-12(5-6-17-13(11)7-10)18-14(8-16)9-1-2-9/h3-7,9,14H,1-2,8,16H2,(H,17,18). The monoisotopic (exact) mass is 261 g/mol. The summed E-state index contributed by atoms with van der Waals surface area (Å²) in [5, 5.41) is 5.36. The number of nitrogens with one attached hydrogen (secondary N) is 1. The third-order valence-electron chi connectivity index (χ3n) is 3.49. The summed E-state index contributed by atoms with van der Waals surface area (Å²) in [6.07, 6.45) is 4.37. The number of anilines is 1. The van der Waals surface area contributed by atoms with Crippen molar-refractivity contribution in [3.63, 3.8) is 0 Å². The van der Waals surface area contributed by atoms with E-state index < -0.39 is 0 Å². The highest BCUT2D eigenvalue weighted by molar-refractivity contribution is 6.31. The van der Waals surface area contributed by atoms with Crippen LogP contribution < -0.4 is 11.1 Å². The van der Waals surface area contributed by atoms with Gasteiger partial charge in [0.15, 0.2) is 0 Å². The number of halogens is 1. The Balaban J connectivity index is 1.95. The molecule has 1 atom stereocenters. The molecule has 0 amide bonds. The normalized spacial score (nSPS) is 16.8. The van der Waals surface area contributed by atoms with Crippen molar-refractivity contribution in [1.29, 1.82) is 0 Å². The quantitative estimate of drug-likeness (QED) is 0.889. The average molecular weight is 262 g/mol. The van der Waals surface area contributed by atoms with Crippen LogP contribution in [0.25, 0.3) is 10.9 Å². The molecule has 1 saturated carbocycles. The van der Waals surface area contributed by atoms with Crippen molar-refractivity contribution in [2.24, 2.45) is 11.7 Å². The summed E-state index contributed by atoms with van der Waals surface area (Å²) in [4.78, 5) is 4.34. The number of rotatable bonds is 4. The molecule has 0 radical (unpaired) electrons. The molecule has 3 N–H and O–H groups in total. The highest BCUT2D eigenvalue weighted by atomic mass is 35.5. The van der Waals surface area contributed by atoms with E-state index in [0.29, 0.717) is 17.6 Å². The molecular formula is C14H16ClN3. The van der Waals surface area contributed by atoms with Gasteiger partial charge in [-0.3, -0.25) is 4.98 Å². The Morgan fingerprint density at radius 1 is 1.39 bits per heavy atom. The van der Waals surface area contributed by atoms with Crippen molar-refractivity contribution in [2.75, 3.05) is 11.9 Å². The van der Waals surface area contributed by atoms with Crippen LogP contribution >= 0.6 is 11.6 Å². The maximum Gasteiger partial charge on any atom is 0.0737 e. The average Bonchev–Trinajstić information content (AvgIpc) is 3.19. The van der Waals surface area contributed by atoms with Gasteiger partial charge in [-0.05, 0) is 43.0 Å². The van der Waals surface area contributed by atoms with E-state index >= 15 is 0 Å². The number of hydrogen-bond donors (Lipinski definition) is 2. The summed E-state index contributed by atoms with van der Waals surface area (Å²) < 4.78 is 0. The molecule has 0 aliphatic heterocycles. The van der Waals surface area contributed by atoms with Gasteiger partial charge in [-0.1, -0.05) is 11.6 Å². The largest absolute Gasteiger partial charge is 0.380 e. The van der Waals surface area contributed by atoms with E-state index in [1.807, 2.05) is 30.5 Å². The van der Waals surface area contributed by atoms with Gasteiger partial charge >= 0.3 is 0 Å². The number of fused-ring (bicyclic) bond motifs is 1. The zero-order chi connectivity index (χ0) is 12.5. The van der Waals surface area contributed by atoms with Gasteiger partial charge in [0.25, 0.3) is 0 Å². The number of nitrogens with zero attached hydrogens (tertiary/aromatic N) is 1. The summed E-state index contributed by atoms with van der Waals surface area (Å²) in [6.45, 7) is 0.669. The molecule has 2 aromatic rings. The predicted octanol–water partition coefficient (Wildman–Crippen LogP) is 3.04. The fourth-order valence-electron chi connectivity index (χ4n) is 2.31. The maximum absolute atomic E-state index is 5.98. The fraction of sp³-hybridized carbons (Fsp3) is 0.357. The first-order valence-electron chi connectivity index (χ1n) is 6.29. The lowest BCUT2D eigenvalue weighted by Crippen LogP contribution is -2.30. The Morgan fingerprint density at radius 2 is 2.22 bits per heavy atom. The predicted molar refractivity (Wildman–Crippen MR) is 75.9 cm³/mol. The molecule has 1 heterocycles. The molecule has 0 spiro atoms. The molecule has 3 rings (SSSR count). The smallest absolute Gasteiger partial charge is 0.0737 e. The van der Waals surface area contributed by atoms with Crippen LogP contribution in [0.3, 0.4) is 0 Å². The molecule has 1 fully saturated rings. The second-order valence-corrected chi connectivity index (χ2v) is 5.28. The van der Waals surface area contributed by atoms with Crippen molar-refractivity contribution in [1.82, 2.24) is 4.98 Å². The SMILES string of the molecule is NCC(Nc1ccnc2cc(Cl)ccc12)C1CC1. The lowest BCUT2D eigenvalue weighted by atomic mass is 10.1. The first kappa shape index (κ1) is 11.8. The number of nitrogens with two attached hydrogens (primary N) is 1. The molecule has 1 aliphatic carbocycles. The van der Waals surface area contributed by atoms with Crippen molar-refractivity contribution < 1.29 is 0 Å². The highest BCUT2D eigenvalue weighted by Crippen LogP contribution is 2.35. The van der Waals surface area contributed by atoms with Crippen molar-refractivity contribution >= 4 is 28.2 Å². The summed E-state index contributed by atoms with van der Waals surface area (Å²) in [5.74, 6) is 0.727. The second-order valence-electron chi connectivity index (χ2n) is 4.84. The second kappa shape index (κ2) is 4.75. The first-order valence-corrected chi connectivity index (χ1v) is 6.66. The molecular weight excluding hydrogens is 246 g/mol. The zero-order valence-electron chi connectivity index (χ0n) is 10.1. The molecule has 4 heteroatoms. The minimum Gasteiger partial charge on any atom is -0.380 e. The van der Waals surface area contributed by atoms with E-state index in [-0.39, 0.29) is 0 Å². The van der Waals surface area contributed by atoms with Crippen molar-refractivity contribution in [2.45, 2.75) is 18.9 Å². The van der Waals surface area contributed by atoms with Crippen LogP contribution in [0.1, 0.15) is 12.8 Å². The molecule has 0 saturated heterocycles. The number of hydrogen-bond acceptors (Lipinski definition) is 3. The molecule has 1 aliphatic rings. The number of aromatic nitrogens is 1. The summed E-state index contributed by atoms with van der Waals surface area (Å²) in [5.41, 5.74) is 7.84. The highest BCUT2D eigenvalue weighted by Gasteiger charge is 2.30. The lowest BCUT2D eigenvalue weighted by Gasteiger charge is -2.18. The molecule has 1 aromatic carbocycles. The molecule has 94 valence electrons. The van der Waals surface area contributed by atoms with Crippen LogP contribution in [0.5, 0.6) is 0 Å². The van der Waals surface area contributed by atoms with Crippen LogP contribution in [0.4, 0.5) is 5.69 Å². The molecule has 18 heavy (non-hydrogen) atoms. The van der Waals surface area contributed by atoms with Gasteiger partial charge in [0, 0.05) is 34.9 Å². The first-order chi connectivity index (χ1) is 8.78. The van der Waals surface area contributed by atoms with Gasteiger partial charge in [-0.2, -0.15) is 0 Å². The van der Waals surface area contributed by atoms with Gasteiger partial charge in [-0.25, -0.2) is 0 Å². The van der Waals surface area contributed by atoms with Crippen LogP contribution in [-0.2, 0) is 0 Å². The number of benzene rings is 1. The van der Waals surface area contributed by atoms with E-state index in [1.54, 1.807) is 0 Å². The van der Waals surface area contributed by atoms with Gasteiger partial charge < -0.3 is 11.1 Å². The van der Waals surface area contributed by atoms with Gasteiger partial charge in [0.2, 0.25) is 0 Å². The zero-order valence-corrected chi connectivity index (χ0v) is 10.8. The van der Waals surface area contributed by atoms with E-state index in [4.69, 9.17) is 17.3 Å². The van der Waals surface area contributed by atoms with Gasteiger partial charge in [0.05, 0.1) is 5.52 Å². The van der Waals surface area contributed by atoms with E-state index in [0.717, 1.165) is 22.5 Å². The Morgan fingerprint density at radius 3 is 2.94 bits per heavy atom. The third-order valence-corrected chi connectivity index (χ3v) is 3.73. The van der Waals surface area contributed by atoms with Crippen LogP contribution in [0.15, 0.2) is 30.5 Å². The summed E-state index contributed by atoms with van der Waals surface area (Å²) >= 11 is 5.98. The summed E-state index contributed by atoms with van der Waals surface area (Å²) in [6, 6.07) is 8.16. The Kier molecular flexibility index (Phi) is 3.10. The minimum absolute atomic E-state index is 0.367. The van der Waals surface area contributed by atoms with E-state index in [2.05, 4.69) is 10.3 Å². The Bertz CT molecular complexity index is 566. The van der Waals surface area contributed by atoms with E-state index in [9.17, 15) is 0 Å². The Labute approximate surface area is 111 Å². The Hall–Kier alpha value is -1.32. The van der Waals surface area contributed by atoms with Crippen molar-refractivity contribution in [3.05, 3.63) is 35.5 Å². The molecule has 0 bridgehead atoms. The lowest BCUT2D eigenvalue weighted by molar-refractivity contribution is 0.646. The summed E-state index contributed by atoms with van der Waals surface area (Å²) in [7, 11) is 0. The molecule has 3 nitrogen and oxygen atoms in total. The van der Waals surface area contributed by atoms with Crippen molar-refractivity contribution in [3.8, 4) is 0 Å². The minimum atomic E-state index is 0.367. The van der Waals surface area contributed by atoms with Crippen LogP contribution in [0.2, 0.25) is 5.02 Å². The maximum atomic E-state index is 5.98. The fourth-order valence-corrected chi connectivity index (χ4v) is 2.48. The molecule has 1 unspecified atom stereocenters. The van der Waals surface area contributed by atoms with Gasteiger partial charge in [0.1, 0.15) is 0 Å². The van der Waals surface area contributed by atoms with Crippen LogP contribution in [-0.4, -0.2) is 17.6 Å². The third kappa shape index (κ3) is 2.28. The van der Waals surface area contributed by atoms with Crippen LogP contribution in [0, 0.1) is 5.92 Å². The van der Waals surface area contributed by atoms with E-state index in [1.165, 1.54) is 12.8 Å². The topological polar surface area (TPSA) is 50.9 Å². The molecule has 1 aromatic heterocycles. The number of pyridine rings is 1.